The van der Waals surface area contributed by atoms with E-state index in [2.05, 4.69) is 0 Å². The van der Waals surface area contributed by atoms with Crippen LogP contribution in [0.25, 0.3) is 0 Å². The van der Waals surface area contributed by atoms with Gasteiger partial charge < -0.3 is 4.74 Å². The van der Waals surface area contributed by atoms with Gasteiger partial charge in [-0.25, -0.2) is 4.39 Å². The lowest BCUT2D eigenvalue weighted by Crippen LogP contribution is -1.96. The number of rotatable bonds is 4. The quantitative estimate of drug-likeness (QED) is 0.774. The molecule has 0 N–H and O–H groups in total. The normalized spacial score (nSPS) is 10.2. The third kappa shape index (κ3) is 2.91. The molecule has 0 aliphatic carbocycles. The van der Waals surface area contributed by atoms with Gasteiger partial charge in [0.25, 0.3) is 0 Å². The first-order valence-electron chi connectivity index (χ1n) is 5.14. The highest BCUT2D eigenvalue weighted by molar-refractivity contribution is 7.15. The number of carbonyl (C=O) groups excluding carboxylic acids is 1. The van der Waals surface area contributed by atoms with Gasteiger partial charge in [-0.1, -0.05) is 29.5 Å². The maximum absolute atomic E-state index is 13.3. The van der Waals surface area contributed by atoms with Crippen molar-refractivity contribution in [3.8, 4) is 5.06 Å². The predicted octanol–water partition coefficient (Wildman–Crippen LogP) is 3.67. The fourth-order valence-corrected chi connectivity index (χ4v) is 2.10. The van der Waals surface area contributed by atoms with Crippen LogP contribution in [0, 0.1) is 5.82 Å². The molecule has 17 heavy (non-hydrogen) atoms. The van der Waals surface area contributed by atoms with Crippen LogP contribution in [0.5, 0.6) is 5.06 Å². The number of carbonyl (C=O) groups is 1. The Bertz CT molecular complexity index is 534. The largest absolute Gasteiger partial charge is 0.479 e. The molecule has 4 heteroatoms. The van der Waals surface area contributed by atoms with Gasteiger partial charge in [0.2, 0.25) is 0 Å². The van der Waals surface area contributed by atoms with E-state index in [9.17, 15) is 9.18 Å². The minimum absolute atomic E-state index is 0.00995. The van der Waals surface area contributed by atoms with Crippen LogP contribution >= 0.6 is 11.3 Å². The SMILES string of the molecule is CC(=O)c1ccc(OCc2ccccc2F)s1. The smallest absolute Gasteiger partial charge is 0.174 e. The van der Waals surface area contributed by atoms with E-state index in [1.807, 2.05) is 0 Å². The summed E-state index contributed by atoms with van der Waals surface area (Å²) in [7, 11) is 0. The molecule has 0 aliphatic rings. The van der Waals surface area contributed by atoms with Crippen molar-refractivity contribution < 1.29 is 13.9 Å². The van der Waals surface area contributed by atoms with E-state index in [1.165, 1.54) is 24.3 Å². The molecule has 2 aromatic rings. The number of ketones is 1. The number of benzene rings is 1. The van der Waals surface area contributed by atoms with Gasteiger partial charge in [-0.3, -0.25) is 4.79 Å². The summed E-state index contributed by atoms with van der Waals surface area (Å²) in [6.07, 6.45) is 0. The Morgan fingerprint density at radius 2 is 2.06 bits per heavy atom. The number of Topliss-reactive ketones (excluding diaryl/α,β-unsaturated/α-hetero) is 1. The molecule has 1 aromatic carbocycles. The van der Waals surface area contributed by atoms with Gasteiger partial charge in [0.15, 0.2) is 10.8 Å². The van der Waals surface area contributed by atoms with E-state index >= 15 is 0 Å². The Morgan fingerprint density at radius 3 is 2.71 bits per heavy atom. The molecule has 2 rings (SSSR count). The number of ether oxygens (including phenoxy) is 1. The van der Waals surface area contributed by atoms with Crippen molar-refractivity contribution in [2.45, 2.75) is 13.5 Å². The summed E-state index contributed by atoms with van der Waals surface area (Å²) in [5.74, 6) is -0.272. The molecule has 0 atom stereocenters. The van der Waals surface area contributed by atoms with Crippen molar-refractivity contribution in [3.05, 3.63) is 52.7 Å². The molecule has 0 bridgehead atoms. The zero-order chi connectivity index (χ0) is 12.3. The van der Waals surface area contributed by atoms with Crippen molar-refractivity contribution in [1.29, 1.82) is 0 Å². The second-order valence-electron chi connectivity index (χ2n) is 3.55. The third-order valence-corrected chi connectivity index (χ3v) is 3.35. The monoisotopic (exact) mass is 250 g/mol. The first-order valence-corrected chi connectivity index (χ1v) is 5.95. The molecule has 0 saturated carbocycles. The van der Waals surface area contributed by atoms with Gasteiger partial charge in [-0.15, -0.1) is 0 Å². The molecule has 2 nitrogen and oxygen atoms in total. The zero-order valence-electron chi connectivity index (χ0n) is 9.27. The molecule has 1 heterocycles. The summed E-state index contributed by atoms with van der Waals surface area (Å²) in [6, 6.07) is 9.91. The lowest BCUT2D eigenvalue weighted by Gasteiger charge is -2.04. The fourth-order valence-electron chi connectivity index (χ4n) is 1.35. The summed E-state index contributed by atoms with van der Waals surface area (Å²) in [5.41, 5.74) is 0.505. The molecule has 1 aromatic heterocycles. The summed E-state index contributed by atoms with van der Waals surface area (Å²) in [4.78, 5) is 11.7. The summed E-state index contributed by atoms with van der Waals surface area (Å²) in [5, 5.41) is 0.624. The van der Waals surface area contributed by atoms with Crippen molar-refractivity contribution in [3.63, 3.8) is 0 Å². The molecule has 88 valence electrons. The molecular formula is C13H11FO2S. The average Bonchev–Trinajstić information content (AvgIpc) is 2.77. The lowest BCUT2D eigenvalue weighted by atomic mass is 10.2. The van der Waals surface area contributed by atoms with Crippen LogP contribution in [-0.4, -0.2) is 5.78 Å². The van der Waals surface area contributed by atoms with E-state index in [0.29, 0.717) is 15.5 Å². The first-order chi connectivity index (χ1) is 8.16. The Kier molecular flexibility index (Phi) is 3.54. The molecule has 0 amide bonds. The predicted molar refractivity (Wildman–Crippen MR) is 65.1 cm³/mol. The van der Waals surface area contributed by atoms with Crippen molar-refractivity contribution in [1.82, 2.24) is 0 Å². The topological polar surface area (TPSA) is 26.3 Å². The Balaban J connectivity index is 2.02. The van der Waals surface area contributed by atoms with Crippen molar-refractivity contribution >= 4 is 17.1 Å². The maximum Gasteiger partial charge on any atom is 0.174 e. The van der Waals surface area contributed by atoms with Crippen LogP contribution in [0.1, 0.15) is 22.2 Å². The standard InChI is InChI=1S/C13H11FO2S/c1-9(15)12-6-7-13(17-12)16-8-10-4-2-3-5-11(10)14/h2-7H,8H2,1H3. The average molecular weight is 250 g/mol. The Hall–Kier alpha value is -1.68. The number of hydrogen-bond donors (Lipinski definition) is 0. The van der Waals surface area contributed by atoms with E-state index in [4.69, 9.17) is 4.74 Å². The van der Waals surface area contributed by atoms with Gasteiger partial charge in [-0.2, -0.15) is 0 Å². The van der Waals surface area contributed by atoms with Gasteiger partial charge in [0.1, 0.15) is 12.4 Å². The third-order valence-electron chi connectivity index (χ3n) is 2.26. The number of halogens is 1. The van der Waals surface area contributed by atoms with E-state index < -0.39 is 0 Å². The van der Waals surface area contributed by atoms with Crippen molar-refractivity contribution in [2.24, 2.45) is 0 Å². The Morgan fingerprint density at radius 1 is 1.29 bits per heavy atom. The molecule has 0 aliphatic heterocycles. The number of hydrogen-bond acceptors (Lipinski definition) is 3. The second kappa shape index (κ2) is 5.10. The molecule has 0 spiro atoms. The van der Waals surface area contributed by atoms with Gasteiger partial charge in [-0.05, 0) is 25.1 Å². The van der Waals surface area contributed by atoms with Crippen LogP contribution < -0.4 is 4.74 Å². The highest BCUT2D eigenvalue weighted by atomic mass is 32.1. The first kappa shape index (κ1) is 11.8. The molecule has 0 unspecified atom stereocenters. The highest BCUT2D eigenvalue weighted by Gasteiger charge is 2.06. The van der Waals surface area contributed by atoms with Gasteiger partial charge >= 0.3 is 0 Å². The van der Waals surface area contributed by atoms with Crippen LogP contribution in [0.3, 0.4) is 0 Å². The molecule has 0 saturated heterocycles. The van der Waals surface area contributed by atoms with Crippen molar-refractivity contribution in [2.75, 3.05) is 0 Å². The minimum Gasteiger partial charge on any atom is -0.479 e. The second-order valence-corrected chi connectivity index (χ2v) is 4.60. The van der Waals surface area contributed by atoms with E-state index in [1.54, 1.807) is 30.3 Å². The van der Waals surface area contributed by atoms with Crippen LogP contribution in [0.4, 0.5) is 4.39 Å². The maximum atomic E-state index is 13.3. The number of thiophene rings is 1. The molecule has 0 radical (unpaired) electrons. The van der Waals surface area contributed by atoms with Crippen LogP contribution in [0.15, 0.2) is 36.4 Å². The fraction of sp³-hybridized carbons (Fsp3) is 0.154. The van der Waals surface area contributed by atoms with E-state index in [0.717, 1.165) is 0 Å². The molecule has 0 fully saturated rings. The van der Waals surface area contributed by atoms with Gasteiger partial charge in [0.05, 0.1) is 4.88 Å². The Labute approximate surface area is 103 Å². The van der Waals surface area contributed by atoms with Crippen LogP contribution in [-0.2, 0) is 6.61 Å². The lowest BCUT2D eigenvalue weighted by molar-refractivity contribution is 0.102. The van der Waals surface area contributed by atoms with E-state index in [-0.39, 0.29) is 18.2 Å². The van der Waals surface area contributed by atoms with Gasteiger partial charge in [0, 0.05) is 5.56 Å². The van der Waals surface area contributed by atoms with Crippen LogP contribution in [0.2, 0.25) is 0 Å². The minimum atomic E-state index is -0.282. The molecular weight excluding hydrogens is 239 g/mol. The highest BCUT2D eigenvalue weighted by Crippen LogP contribution is 2.25. The zero-order valence-corrected chi connectivity index (χ0v) is 10.1. The summed E-state index contributed by atoms with van der Waals surface area (Å²) in [6.45, 7) is 1.68. The summed E-state index contributed by atoms with van der Waals surface area (Å²) >= 11 is 1.27. The summed E-state index contributed by atoms with van der Waals surface area (Å²) < 4.78 is 18.7.